The Labute approximate surface area is 121 Å². The molecular formula is C13H16N4O2S. The molecule has 1 aromatic carbocycles. The minimum Gasteiger partial charge on any atom is -0.481 e. The predicted molar refractivity (Wildman–Crippen MR) is 77.3 cm³/mol. The lowest BCUT2D eigenvalue weighted by molar-refractivity contribution is -0.133. The van der Waals surface area contributed by atoms with Crippen molar-refractivity contribution in [2.75, 3.05) is 11.6 Å². The Morgan fingerprint density at radius 3 is 2.85 bits per heavy atom. The highest BCUT2D eigenvalue weighted by Gasteiger charge is 2.13. The van der Waals surface area contributed by atoms with Crippen LogP contribution >= 0.6 is 11.8 Å². The zero-order valence-electron chi connectivity index (χ0n) is 11.3. The lowest BCUT2D eigenvalue weighted by Gasteiger charge is -2.07. The van der Waals surface area contributed by atoms with Gasteiger partial charge >= 0.3 is 5.97 Å². The zero-order chi connectivity index (χ0) is 14.7. The van der Waals surface area contributed by atoms with Gasteiger partial charge in [-0.15, -0.1) is 10.2 Å². The summed E-state index contributed by atoms with van der Waals surface area (Å²) >= 11 is 1.06. The summed E-state index contributed by atoms with van der Waals surface area (Å²) in [4.78, 5) is 10.5. The monoisotopic (exact) mass is 292 g/mol. The number of thioether (sulfide) groups is 1. The number of rotatable bonds is 5. The van der Waals surface area contributed by atoms with Crippen molar-refractivity contribution in [3.05, 3.63) is 40.7 Å². The van der Waals surface area contributed by atoms with Crippen LogP contribution in [0.2, 0.25) is 0 Å². The van der Waals surface area contributed by atoms with Crippen LogP contribution < -0.4 is 5.84 Å². The number of hydrogen-bond donors (Lipinski definition) is 2. The minimum absolute atomic E-state index is 0.0845. The maximum atomic E-state index is 10.5. The van der Waals surface area contributed by atoms with Crippen LogP contribution in [0.3, 0.4) is 0 Å². The van der Waals surface area contributed by atoms with Crippen LogP contribution in [0, 0.1) is 13.8 Å². The van der Waals surface area contributed by atoms with Gasteiger partial charge in [0.2, 0.25) is 5.16 Å². The van der Waals surface area contributed by atoms with E-state index in [4.69, 9.17) is 10.9 Å². The number of carboxylic acid groups (broad SMARTS) is 1. The van der Waals surface area contributed by atoms with Crippen LogP contribution in [0.4, 0.5) is 0 Å². The molecular weight excluding hydrogens is 276 g/mol. The van der Waals surface area contributed by atoms with Crippen LogP contribution in [-0.4, -0.2) is 31.7 Å². The Balaban J connectivity index is 2.18. The van der Waals surface area contributed by atoms with Gasteiger partial charge < -0.3 is 10.9 Å². The van der Waals surface area contributed by atoms with E-state index in [1.807, 2.05) is 13.8 Å². The van der Waals surface area contributed by atoms with Crippen molar-refractivity contribution in [2.24, 2.45) is 0 Å². The van der Waals surface area contributed by atoms with Crippen molar-refractivity contribution in [2.45, 2.75) is 25.4 Å². The van der Waals surface area contributed by atoms with E-state index in [0.717, 1.165) is 17.3 Å². The van der Waals surface area contributed by atoms with Crippen LogP contribution in [0.25, 0.3) is 0 Å². The summed E-state index contributed by atoms with van der Waals surface area (Å²) in [7, 11) is 0. The van der Waals surface area contributed by atoms with E-state index in [-0.39, 0.29) is 5.75 Å². The van der Waals surface area contributed by atoms with Crippen molar-refractivity contribution in [1.82, 2.24) is 14.9 Å². The number of hydrogen-bond acceptors (Lipinski definition) is 5. The third-order valence-electron chi connectivity index (χ3n) is 2.91. The second-order valence-electron chi connectivity index (χ2n) is 4.56. The first kappa shape index (κ1) is 14.4. The number of nitrogens with zero attached hydrogens (tertiary/aromatic N) is 3. The third-order valence-corrected chi connectivity index (χ3v) is 3.84. The topological polar surface area (TPSA) is 94.0 Å². The first-order valence-corrected chi connectivity index (χ1v) is 7.06. The molecule has 0 aliphatic heterocycles. The number of carbonyl (C=O) groups is 1. The fourth-order valence-corrected chi connectivity index (χ4v) is 2.41. The number of aliphatic carboxylic acids is 1. The van der Waals surface area contributed by atoms with Gasteiger partial charge in [-0.25, -0.2) is 4.68 Å². The molecule has 1 aromatic heterocycles. The summed E-state index contributed by atoms with van der Waals surface area (Å²) in [6.45, 7) is 4.07. The van der Waals surface area contributed by atoms with Gasteiger partial charge in [0.15, 0.2) is 5.82 Å². The number of nitrogens with two attached hydrogens (primary N) is 1. The van der Waals surface area contributed by atoms with Gasteiger partial charge in [-0.2, -0.15) is 0 Å². The molecule has 0 saturated carbocycles. The van der Waals surface area contributed by atoms with Gasteiger partial charge in [0.25, 0.3) is 0 Å². The van der Waals surface area contributed by atoms with Gasteiger partial charge in [0.05, 0.1) is 5.75 Å². The molecule has 0 bridgehead atoms. The number of benzene rings is 1. The predicted octanol–water partition coefficient (Wildman–Crippen LogP) is 1.38. The van der Waals surface area contributed by atoms with Crippen LogP contribution in [0.15, 0.2) is 23.4 Å². The molecule has 2 rings (SSSR count). The van der Waals surface area contributed by atoms with Crippen molar-refractivity contribution >= 4 is 17.7 Å². The molecule has 20 heavy (non-hydrogen) atoms. The summed E-state index contributed by atoms with van der Waals surface area (Å²) in [6.07, 6.45) is 0.574. The summed E-state index contributed by atoms with van der Waals surface area (Å²) in [5, 5.41) is 17.0. The molecule has 7 heteroatoms. The van der Waals surface area contributed by atoms with Gasteiger partial charge in [0.1, 0.15) is 0 Å². The highest BCUT2D eigenvalue weighted by molar-refractivity contribution is 7.99. The molecule has 0 unspecified atom stereocenters. The molecule has 0 aliphatic carbocycles. The lowest BCUT2D eigenvalue weighted by Crippen LogP contribution is -2.15. The van der Waals surface area contributed by atoms with Gasteiger partial charge in [-0.05, 0) is 25.0 Å². The molecule has 0 atom stereocenters. The summed E-state index contributed by atoms with van der Waals surface area (Å²) < 4.78 is 1.36. The molecule has 6 nitrogen and oxygen atoms in total. The smallest absolute Gasteiger partial charge is 0.313 e. The Kier molecular flexibility index (Phi) is 4.29. The molecule has 3 N–H and O–H groups in total. The summed E-state index contributed by atoms with van der Waals surface area (Å²) in [6, 6.07) is 6.20. The van der Waals surface area contributed by atoms with Crippen LogP contribution in [0.5, 0.6) is 0 Å². The van der Waals surface area contributed by atoms with Gasteiger partial charge in [0, 0.05) is 6.42 Å². The fourth-order valence-electron chi connectivity index (χ4n) is 1.81. The number of nitrogen functional groups attached to an aromatic ring is 1. The average Bonchev–Trinajstić information content (AvgIpc) is 2.73. The van der Waals surface area contributed by atoms with E-state index in [9.17, 15) is 4.79 Å². The molecule has 0 radical (unpaired) electrons. The first-order chi connectivity index (χ1) is 9.47. The SMILES string of the molecule is Cc1ccc(C)c(Cc2nnc(SCC(=O)O)n2N)c1. The number of aryl methyl sites for hydroxylation is 2. The summed E-state index contributed by atoms with van der Waals surface area (Å²) in [5.41, 5.74) is 3.48. The quantitative estimate of drug-likeness (QED) is 0.638. The number of carboxylic acids is 1. The highest BCUT2D eigenvalue weighted by Crippen LogP contribution is 2.18. The molecule has 2 aromatic rings. The Morgan fingerprint density at radius 2 is 2.15 bits per heavy atom. The maximum Gasteiger partial charge on any atom is 0.313 e. The van der Waals surface area contributed by atoms with Crippen molar-refractivity contribution in [3.63, 3.8) is 0 Å². The second-order valence-corrected chi connectivity index (χ2v) is 5.50. The standard InChI is InChI=1S/C13H16N4O2S/c1-8-3-4-9(2)10(5-8)6-11-15-16-13(17(11)14)20-7-12(18)19/h3-5H,6-7,14H2,1-2H3,(H,18,19). The molecule has 106 valence electrons. The van der Waals surface area contributed by atoms with E-state index in [2.05, 4.69) is 28.4 Å². The zero-order valence-corrected chi connectivity index (χ0v) is 12.1. The Morgan fingerprint density at radius 1 is 1.40 bits per heavy atom. The Bertz CT molecular complexity index is 639. The summed E-state index contributed by atoms with van der Waals surface area (Å²) in [5.74, 6) is 5.53. The lowest BCUT2D eigenvalue weighted by atomic mass is 10.0. The molecule has 0 fully saturated rings. The normalized spacial score (nSPS) is 10.7. The van der Waals surface area contributed by atoms with E-state index < -0.39 is 5.97 Å². The van der Waals surface area contributed by atoms with E-state index in [1.165, 1.54) is 15.8 Å². The van der Waals surface area contributed by atoms with Crippen molar-refractivity contribution in [1.29, 1.82) is 0 Å². The number of aromatic nitrogens is 3. The fraction of sp³-hybridized carbons (Fsp3) is 0.308. The molecule has 1 heterocycles. The van der Waals surface area contributed by atoms with E-state index >= 15 is 0 Å². The van der Waals surface area contributed by atoms with Gasteiger partial charge in [-0.3, -0.25) is 4.79 Å². The average molecular weight is 292 g/mol. The molecule has 0 aliphatic rings. The van der Waals surface area contributed by atoms with Gasteiger partial charge in [-0.1, -0.05) is 35.5 Å². The molecule has 0 saturated heterocycles. The third kappa shape index (κ3) is 3.30. The van der Waals surface area contributed by atoms with Crippen LogP contribution in [0.1, 0.15) is 22.5 Å². The largest absolute Gasteiger partial charge is 0.481 e. The van der Waals surface area contributed by atoms with Crippen LogP contribution in [-0.2, 0) is 11.2 Å². The van der Waals surface area contributed by atoms with E-state index in [0.29, 0.717) is 17.4 Å². The first-order valence-electron chi connectivity index (χ1n) is 6.07. The van der Waals surface area contributed by atoms with Crippen molar-refractivity contribution < 1.29 is 9.90 Å². The highest BCUT2D eigenvalue weighted by atomic mass is 32.2. The van der Waals surface area contributed by atoms with Crippen molar-refractivity contribution in [3.8, 4) is 0 Å². The maximum absolute atomic E-state index is 10.5. The molecule has 0 amide bonds. The Hall–Kier alpha value is -2.02. The van der Waals surface area contributed by atoms with E-state index in [1.54, 1.807) is 0 Å². The minimum atomic E-state index is -0.908. The molecule has 0 spiro atoms. The second kappa shape index (κ2) is 5.96.